The highest BCUT2D eigenvalue weighted by molar-refractivity contribution is 5.96. The molecule has 0 aromatic carbocycles. The van der Waals surface area contributed by atoms with E-state index in [9.17, 15) is 43.8 Å². The first kappa shape index (κ1) is 39.1. The van der Waals surface area contributed by atoms with Gasteiger partial charge in [-0.1, -0.05) is 0 Å². The van der Waals surface area contributed by atoms with Crippen molar-refractivity contribution >= 4 is 41.4 Å². The van der Waals surface area contributed by atoms with Crippen molar-refractivity contribution in [2.45, 2.75) is 76.3 Å². The average molecular weight is 619 g/mol. The number of unbranched alkanes of at least 4 members (excludes halogenated alkanes) is 1. The number of carboxylic acid groups (broad SMARTS) is 1. The topological polar surface area (TPSA) is 282 Å². The van der Waals surface area contributed by atoms with Crippen LogP contribution in [0.15, 0.2) is 0 Å². The SMILES string of the molecule is C[C@H](N)C(=O)N[C@@H](C)C(=O)N[C@@H](CCCCN(C)C)C(=O)N[C@@H](CO)C(=O)N[C@H](C(=O)NCC(=O)NCC(=O)O)[C@@H](C)O. The lowest BCUT2D eigenvalue weighted by Gasteiger charge is -2.26. The van der Waals surface area contributed by atoms with E-state index in [2.05, 4.69) is 26.6 Å². The van der Waals surface area contributed by atoms with E-state index in [1.807, 2.05) is 24.3 Å². The van der Waals surface area contributed by atoms with Crippen LogP contribution in [0.2, 0.25) is 0 Å². The minimum absolute atomic E-state index is 0.155. The highest BCUT2D eigenvalue weighted by Gasteiger charge is 2.32. The van der Waals surface area contributed by atoms with E-state index in [0.29, 0.717) is 19.4 Å². The first-order chi connectivity index (χ1) is 20.0. The zero-order chi connectivity index (χ0) is 33.3. The molecule has 0 saturated carbocycles. The third-order valence-electron chi connectivity index (χ3n) is 5.88. The first-order valence-corrected chi connectivity index (χ1v) is 13.7. The van der Waals surface area contributed by atoms with Gasteiger partial charge in [0.05, 0.1) is 25.3 Å². The molecule has 0 radical (unpaired) electrons. The van der Waals surface area contributed by atoms with Crippen LogP contribution in [-0.2, 0) is 33.6 Å². The van der Waals surface area contributed by atoms with E-state index < -0.39 is 97.4 Å². The molecule has 0 aromatic heterocycles. The summed E-state index contributed by atoms with van der Waals surface area (Å²) in [6.45, 7) is 2.47. The van der Waals surface area contributed by atoms with Gasteiger partial charge in [-0.3, -0.25) is 33.6 Å². The highest BCUT2D eigenvalue weighted by Crippen LogP contribution is 2.05. The second kappa shape index (κ2) is 20.1. The van der Waals surface area contributed by atoms with Crippen LogP contribution < -0.4 is 37.6 Å². The zero-order valence-electron chi connectivity index (χ0n) is 25.1. The van der Waals surface area contributed by atoms with Gasteiger partial charge in [0, 0.05) is 0 Å². The summed E-state index contributed by atoms with van der Waals surface area (Å²) in [4.78, 5) is 87.1. The van der Waals surface area contributed by atoms with Crippen LogP contribution in [0.25, 0.3) is 0 Å². The van der Waals surface area contributed by atoms with Crippen molar-refractivity contribution in [3.8, 4) is 0 Å². The number of nitrogens with zero attached hydrogens (tertiary/aromatic N) is 1. The molecule has 6 atom stereocenters. The molecule has 43 heavy (non-hydrogen) atoms. The van der Waals surface area contributed by atoms with Gasteiger partial charge in [-0.25, -0.2) is 0 Å². The third-order valence-corrected chi connectivity index (χ3v) is 5.88. The third kappa shape index (κ3) is 16.4. The van der Waals surface area contributed by atoms with Crippen LogP contribution in [0.4, 0.5) is 0 Å². The molecular weight excluding hydrogens is 572 g/mol. The van der Waals surface area contributed by atoms with Crippen LogP contribution in [0.3, 0.4) is 0 Å². The molecule has 0 unspecified atom stereocenters. The van der Waals surface area contributed by atoms with E-state index in [4.69, 9.17) is 10.8 Å². The van der Waals surface area contributed by atoms with Crippen LogP contribution in [-0.4, -0.2) is 138 Å². The summed E-state index contributed by atoms with van der Waals surface area (Å²) < 4.78 is 0. The minimum atomic E-state index is -1.61. The van der Waals surface area contributed by atoms with Crippen LogP contribution in [0.1, 0.15) is 40.0 Å². The largest absolute Gasteiger partial charge is 0.480 e. The van der Waals surface area contributed by atoms with Gasteiger partial charge in [-0.15, -0.1) is 0 Å². The quantitative estimate of drug-likeness (QED) is 0.0573. The lowest BCUT2D eigenvalue weighted by Crippen LogP contribution is -2.60. The number of hydrogen-bond acceptors (Lipinski definition) is 11. The molecule has 0 rings (SSSR count). The average Bonchev–Trinajstić information content (AvgIpc) is 2.92. The summed E-state index contributed by atoms with van der Waals surface area (Å²) in [7, 11) is 3.74. The van der Waals surface area contributed by atoms with Gasteiger partial charge < -0.3 is 57.9 Å². The van der Waals surface area contributed by atoms with Crippen molar-refractivity contribution in [2.75, 3.05) is 40.3 Å². The Morgan fingerprint density at radius 3 is 1.84 bits per heavy atom. The number of carbonyl (C=O) groups is 7. The summed E-state index contributed by atoms with van der Waals surface area (Å²) in [5.41, 5.74) is 5.51. The molecule has 0 aliphatic carbocycles. The maximum absolute atomic E-state index is 13.1. The Balaban J connectivity index is 5.47. The van der Waals surface area contributed by atoms with E-state index >= 15 is 0 Å². The summed E-state index contributed by atoms with van der Waals surface area (Å²) in [5.74, 6) is -6.28. The van der Waals surface area contributed by atoms with Gasteiger partial charge in [-0.05, 0) is 60.7 Å². The Bertz CT molecular complexity index is 976. The molecule has 0 saturated heterocycles. The molecule has 0 fully saturated rings. The Labute approximate surface area is 249 Å². The van der Waals surface area contributed by atoms with Gasteiger partial charge in [0.25, 0.3) is 0 Å². The van der Waals surface area contributed by atoms with Crippen molar-refractivity contribution in [3.05, 3.63) is 0 Å². The number of nitrogens with one attached hydrogen (secondary N) is 6. The van der Waals surface area contributed by atoms with Crippen LogP contribution in [0.5, 0.6) is 0 Å². The van der Waals surface area contributed by atoms with Gasteiger partial charge in [0.1, 0.15) is 30.7 Å². The second-order valence-electron chi connectivity index (χ2n) is 10.2. The number of rotatable bonds is 20. The molecule has 0 aliphatic heterocycles. The molecule has 246 valence electrons. The Morgan fingerprint density at radius 2 is 1.33 bits per heavy atom. The maximum Gasteiger partial charge on any atom is 0.322 e. The first-order valence-electron chi connectivity index (χ1n) is 13.7. The molecule has 0 aromatic rings. The molecule has 18 heteroatoms. The standard InChI is InChI=1S/C25H46N8O10/c1-13(26)21(39)29-14(2)22(40)30-16(8-6-7-9-33(4)5)23(41)31-17(12-34)24(42)32-20(15(3)35)25(43)28-10-18(36)27-11-19(37)38/h13-17,20,34-35H,6-12,26H2,1-5H3,(H,27,36)(H,28,43)(H,29,39)(H,30,40)(H,31,41)(H,32,42)(H,37,38)/t13-,14-,15+,16-,17-,20-/m0/s1. The molecular formula is C25H46N8O10. The fourth-order valence-corrected chi connectivity index (χ4v) is 3.39. The molecule has 0 bridgehead atoms. The molecule has 0 heterocycles. The van der Waals surface area contributed by atoms with Crippen molar-refractivity contribution in [1.82, 2.24) is 36.8 Å². The number of carboxylic acids is 1. The lowest BCUT2D eigenvalue weighted by atomic mass is 10.1. The van der Waals surface area contributed by atoms with E-state index in [1.165, 1.54) is 20.8 Å². The van der Waals surface area contributed by atoms with Crippen molar-refractivity contribution in [2.24, 2.45) is 5.73 Å². The minimum Gasteiger partial charge on any atom is -0.480 e. The number of aliphatic carboxylic acids is 1. The zero-order valence-corrected chi connectivity index (χ0v) is 25.1. The highest BCUT2D eigenvalue weighted by atomic mass is 16.4. The summed E-state index contributed by atoms with van der Waals surface area (Å²) in [6.07, 6.45) is -0.149. The predicted octanol–water partition coefficient (Wildman–Crippen LogP) is -5.29. The maximum atomic E-state index is 13.1. The normalized spacial score (nSPS) is 15.1. The molecule has 0 spiro atoms. The smallest absolute Gasteiger partial charge is 0.322 e. The monoisotopic (exact) mass is 618 g/mol. The fourth-order valence-electron chi connectivity index (χ4n) is 3.39. The van der Waals surface area contributed by atoms with Crippen LogP contribution in [0, 0.1) is 0 Å². The Morgan fingerprint density at radius 1 is 0.744 bits per heavy atom. The van der Waals surface area contributed by atoms with Crippen molar-refractivity contribution in [1.29, 1.82) is 0 Å². The van der Waals surface area contributed by atoms with Crippen molar-refractivity contribution < 1.29 is 48.9 Å². The lowest BCUT2D eigenvalue weighted by molar-refractivity contribution is -0.138. The van der Waals surface area contributed by atoms with E-state index in [-0.39, 0.29) is 6.42 Å². The number of hydrogen-bond donors (Lipinski definition) is 10. The van der Waals surface area contributed by atoms with Gasteiger partial charge >= 0.3 is 5.97 Å². The Kier molecular flexibility index (Phi) is 18.3. The molecule has 18 nitrogen and oxygen atoms in total. The summed E-state index contributed by atoms with van der Waals surface area (Å²) in [6, 6.07) is -6.28. The summed E-state index contributed by atoms with van der Waals surface area (Å²) >= 11 is 0. The summed E-state index contributed by atoms with van der Waals surface area (Å²) in [5, 5.41) is 42.0. The predicted molar refractivity (Wildman–Crippen MR) is 152 cm³/mol. The van der Waals surface area contributed by atoms with Crippen LogP contribution >= 0.6 is 0 Å². The number of aliphatic hydroxyl groups excluding tert-OH is 2. The number of nitrogens with two attached hydrogens (primary N) is 1. The van der Waals surface area contributed by atoms with Gasteiger partial charge in [-0.2, -0.15) is 0 Å². The van der Waals surface area contributed by atoms with E-state index in [1.54, 1.807) is 0 Å². The number of aliphatic hydroxyl groups is 2. The number of carbonyl (C=O) groups excluding carboxylic acids is 6. The van der Waals surface area contributed by atoms with Gasteiger partial charge in [0.2, 0.25) is 35.4 Å². The molecule has 11 N–H and O–H groups in total. The van der Waals surface area contributed by atoms with Crippen molar-refractivity contribution in [3.63, 3.8) is 0 Å². The van der Waals surface area contributed by atoms with E-state index in [0.717, 1.165) is 0 Å². The van der Waals surface area contributed by atoms with Gasteiger partial charge in [0.15, 0.2) is 0 Å². The Hall–Kier alpha value is -3.87. The fraction of sp³-hybridized carbons (Fsp3) is 0.720. The number of amides is 6. The second-order valence-corrected chi connectivity index (χ2v) is 10.2. The molecule has 6 amide bonds. The molecule has 0 aliphatic rings.